The average Bonchev–Trinajstić information content (AvgIpc) is 3.46. The quantitative estimate of drug-likeness (QED) is 0.248. The molecule has 3 aromatic rings. The number of aromatic nitrogens is 1. The minimum absolute atomic E-state index is 0.0469. The van der Waals surface area contributed by atoms with Crippen molar-refractivity contribution in [3.8, 4) is 17.2 Å². The molecule has 0 bridgehead atoms. The van der Waals surface area contributed by atoms with Gasteiger partial charge >= 0.3 is 5.97 Å². The molecule has 1 aromatic heterocycles. The number of ether oxygens (including phenoxy) is 4. The van der Waals surface area contributed by atoms with E-state index in [0.29, 0.717) is 34.2 Å². The third-order valence-corrected chi connectivity index (χ3v) is 7.08. The number of benzene rings is 2. The SMILES string of the molecule is CCOc1ccc([C@@H]2C(C(=O)OC(C)C)=C(C)N=c3s/c(=C/c4cc5c(cc4[N+](=O)[O-])OCO5)c(=O)n32)cc1. The highest BCUT2D eigenvalue weighted by atomic mass is 32.1. The third kappa shape index (κ3) is 4.90. The van der Waals surface area contributed by atoms with E-state index in [1.54, 1.807) is 45.0 Å². The van der Waals surface area contributed by atoms with Crippen LogP contribution in [0.2, 0.25) is 0 Å². The molecule has 0 fully saturated rings. The van der Waals surface area contributed by atoms with Crippen LogP contribution in [0.15, 0.2) is 57.5 Å². The standard InChI is InChI=1S/C27H25N3O8S/c1-5-35-18-8-6-16(7-9-18)24-23(26(32)38-14(2)3)15(4)28-27-29(24)25(31)22(39-27)11-17-10-20-21(37-13-36-20)12-19(17)30(33)34/h6-12,14,24H,5,13H2,1-4H3/b22-11+/t24-/m1/s1. The Morgan fingerprint density at radius 1 is 1.26 bits per heavy atom. The third-order valence-electron chi connectivity index (χ3n) is 6.10. The summed E-state index contributed by atoms with van der Waals surface area (Å²) in [6.45, 7) is 7.50. The molecule has 2 aliphatic rings. The van der Waals surface area contributed by atoms with Crippen LogP contribution in [0.5, 0.6) is 17.2 Å². The maximum atomic E-state index is 13.8. The Balaban J connectivity index is 1.70. The molecule has 0 saturated carbocycles. The van der Waals surface area contributed by atoms with Crippen molar-refractivity contribution < 1.29 is 28.7 Å². The number of carbonyl (C=O) groups excluding carboxylic acids is 1. The van der Waals surface area contributed by atoms with Gasteiger partial charge in [-0.15, -0.1) is 0 Å². The predicted molar refractivity (Wildman–Crippen MR) is 142 cm³/mol. The van der Waals surface area contributed by atoms with Gasteiger partial charge in [-0.1, -0.05) is 23.5 Å². The van der Waals surface area contributed by atoms with Gasteiger partial charge in [0.05, 0.1) is 51.1 Å². The monoisotopic (exact) mass is 551 g/mol. The largest absolute Gasteiger partial charge is 0.494 e. The fraction of sp³-hybridized carbons (Fsp3) is 0.296. The second-order valence-electron chi connectivity index (χ2n) is 9.06. The fourth-order valence-corrected chi connectivity index (χ4v) is 5.49. The summed E-state index contributed by atoms with van der Waals surface area (Å²) in [6.07, 6.45) is 1.06. The van der Waals surface area contributed by atoms with Gasteiger partial charge in [0.25, 0.3) is 11.2 Å². The molecule has 39 heavy (non-hydrogen) atoms. The van der Waals surface area contributed by atoms with Crippen LogP contribution in [0.1, 0.15) is 44.9 Å². The Kier molecular flexibility index (Phi) is 6.96. The number of fused-ring (bicyclic) bond motifs is 2. The van der Waals surface area contributed by atoms with Crippen LogP contribution in [0.25, 0.3) is 6.08 Å². The maximum absolute atomic E-state index is 13.8. The zero-order valence-corrected chi connectivity index (χ0v) is 22.4. The van der Waals surface area contributed by atoms with Crippen molar-refractivity contribution >= 4 is 29.1 Å². The van der Waals surface area contributed by atoms with E-state index < -0.39 is 22.5 Å². The number of allylic oxidation sites excluding steroid dienone is 1. The van der Waals surface area contributed by atoms with Crippen molar-refractivity contribution in [1.29, 1.82) is 0 Å². The van der Waals surface area contributed by atoms with Crippen molar-refractivity contribution in [2.45, 2.75) is 39.8 Å². The molecule has 0 aliphatic carbocycles. The van der Waals surface area contributed by atoms with E-state index in [0.717, 1.165) is 11.3 Å². The van der Waals surface area contributed by atoms with Gasteiger partial charge in [0.2, 0.25) is 6.79 Å². The normalized spacial score (nSPS) is 16.2. The number of nitro groups is 1. The first-order chi connectivity index (χ1) is 18.7. The highest BCUT2D eigenvalue weighted by Gasteiger charge is 2.34. The molecule has 0 N–H and O–H groups in total. The Hall–Kier alpha value is -4.45. The molecular formula is C27H25N3O8S. The van der Waals surface area contributed by atoms with Gasteiger partial charge < -0.3 is 18.9 Å². The number of nitro benzene ring substituents is 1. The van der Waals surface area contributed by atoms with Crippen LogP contribution < -0.4 is 29.1 Å². The highest BCUT2D eigenvalue weighted by molar-refractivity contribution is 7.07. The number of hydrogen-bond donors (Lipinski definition) is 0. The van der Waals surface area contributed by atoms with Crippen molar-refractivity contribution in [2.24, 2.45) is 4.99 Å². The van der Waals surface area contributed by atoms with Crippen LogP contribution in [0.3, 0.4) is 0 Å². The molecule has 0 amide bonds. The smallest absolute Gasteiger partial charge is 0.338 e. The van der Waals surface area contributed by atoms with E-state index in [1.807, 2.05) is 6.92 Å². The Morgan fingerprint density at radius 3 is 2.59 bits per heavy atom. The molecule has 2 aliphatic heterocycles. The fourth-order valence-electron chi connectivity index (χ4n) is 4.45. The summed E-state index contributed by atoms with van der Waals surface area (Å²) in [7, 11) is 0. The van der Waals surface area contributed by atoms with E-state index in [4.69, 9.17) is 18.9 Å². The lowest BCUT2D eigenvalue weighted by atomic mass is 9.96. The van der Waals surface area contributed by atoms with Crippen LogP contribution in [-0.2, 0) is 9.53 Å². The van der Waals surface area contributed by atoms with Gasteiger partial charge in [0.15, 0.2) is 16.3 Å². The van der Waals surface area contributed by atoms with Crippen LogP contribution in [0, 0.1) is 10.1 Å². The van der Waals surface area contributed by atoms with Gasteiger partial charge in [-0.3, -0.25) is 19.5 Å². The molecule has 5 rings (SSSR count). The molecule has 12 heteroatoms. The van der Waals surface area contributed by atoms with Gasteiger partial charge in [-0.05, 0) is 57.5 Å². The molecule has 11 nitrogen and oxygen atoms in total. The first-order valence-electron chi connectivity index (χ1n) is 12.2. The predicted octanol–water partition coefficient (Wildman–Crippen LogP) is 3.22. The Labute approximate surface area is 226 Å². The molecule has 3 heterocycles. The highest BCUT2D eigenvalue weighted by Crippen LogP contribution is 2.38. The van der Waals surface area contributed by atoms with E-state index in [1.165, 1.54) is 22.8 Å². The number of esters is 1. The van der Waals surface area contributed by atoms with Crippen molar-refractivity contribution in [3.05, 3.63) is 88.6 Å². The summed E-state index contributed by atoms with van der Waals surface area (Å²) in [5.41, 5.74) is 0.812. The number of rotatable bonds is 7. The summed E-state index contributed by atoms with van der Waals surface area (Å²) in [4.78, 5) is 43.2. The van der Waals surface area contributed by atoms with Gasteiger partial charge in [0.1, 0.15) is 5.75 Å². The average molecular weight is 552 g/mol. The first-order valence-corrected chi connectivity index (χ1v) is 13.0. The molecule has 202 valence electrons. The van der Waals surface area contributed by atoms with Crippen LogP contribution in [0.4, 0.5) is 5.69 Å². The van der Waals surface area contributed by atoms with E-state index in [2.05, 4.69) is 4.99 Å². The van der Waals surface area contributed by atoms with Crippen molar-refractivity contribution in [2.75, 3.05) is 13.4 Å². The number of thiazole rings is 1. The number of hydrogen-bond acceptors (Lipinski definition) is 10. The second-order valence-corrected chi connectivity index (χ2v) is 10.1. The molecule has 1 atom stereocenters. The van der Waals surface area contributed by atoms with E-state index in [-0.39, 0.29) is 40.0 Å². The Morgan fingerprint density at radius 2 is 1.95 bits per heavy atom. The molecule has 0 spiro atoms. The lowest BCUT2D eigenvalue weighted by molar-refractivity contribution is -0.385. The van der Waals surface area contributed by atoms with E-state index in [9.17, 15) is 19.7 Å². The lowest BCUT2D eigenvalue weighted by Crippen LogP contribution is -2.40. The summed E-state index contributed by atoms with van der Waals surface area (Å²) in [5, 5.41) is 11.8. The number of carbonyl (C=O) groups is 1. The van der Waals surface area contributed by atoms with Crippen LogP contribution in [-0.4, -0.2) is 35.0 Å². The van der Waals surface area contributed by atoms with Gasteiger partial charge in [-0.25, -0.2) is 9.79 Å². The lowest BCUT2D eigenvalue weighted by Gasteiger charge is -2.25. The minimum atomic E-state index is -0.822. The Bertz CT molecular complexity index is 1690. The molecule has 0 radical (unpaired) electrons. The zero-order valence-electron chi connectivity index (χ0n) is 21.6. The molecule has 2 aromatic carbocycles. The van der Waals surface area contributed by atoms with Gasteiger partial charge in [-0.2, -0.15) is 0 Å². The summed E-state index contributed by atoms with van der Waals surface area (Å²) < 4.78 is 23.3. The number of nitrogens with zero attached hydrogens (tertiary/aromatic N) is 3. The van der Waals surface area contributed by atoms with Crippen molar-refractivity contribution in [1.82, 2.24) is 4.57 Å². The summed E-state index contributed by atoms with van der Waals surface area (Å²) in [6, 6.07) is 9.04. The molecule has 0 saturated heterocycles. The van der Waals surface area contributed by atoms with Crippen molar-refractivity contribution in [3.63, 3.8) is 0 Å². The topological polar surface area (TPSA) is 131 Å². The summed E-state index contributed by atoms with van der Waals surface area (Å²) >= 11 is 1.07. The van der Waals surface area contributed by atoms with Gasteiger partial charge in [0, 0.05) is 0 Å². The van der Waals surface area contributed by atoms with Crippen LogP contribution >= 0.6 is 11.3 Å². The molecule has 0 unspecified atom stereocenters. The second kappa shape index (κ2) is 10.4. The minimum Gasteiger partial charge on any atom is -0.494 e. The molecular weight excluding hydrogens is 526 g/mol. The maximum Gasteiger partial charge on any atom is 0.338 e. The van der Waals surface area contributed by atoms with E-state index >= 15 is 0 Å². The zero-order chi connectivity index (χ0) is 27.8. The first kappa shape index (κ1) is 26.2. The summed E-state index contributed by atoms with van der Waals surface area (Å²) in [5.74, 6) is 0.683.